The van der Waals surface area contributed by atoms with Crippen LogP contribution in [0.25, 0.3) is 0 Å². The van der Waals surface area contributed by atoms with Gasteiger partial charge in [0.1, 0.15) is 5.75 Å². The number of methoxy groups -OCH3 is 1. The molecule has 1 amide bonds. The van der Waals surface area contributed by atoms with Crippen LogP contribution < -0.4 is 14.9 Å². The van der Waals surface area contributed by atoms with Gasteiger partial charge in [0.25, 0.3) is 5.91 Å². The van der Waals surface area contributed by atoms with Crippen molar-refractivity contribution < 1.29 is 24.2 Å². The van der Waals surface area contributed by atoms with Gasteiger partial charge in [0.2, 0.25) is 0 Å². The summed E-state index contributed by atoms with van der Waals surface area (Å²) in [5.41, 5.74) is 3.49. The fourth-order valence-electron chi connectivity index (χ4n) is 2.47. The summed E-state index contributed by atoms with van der Waals surface area (Å²) in [5.74, 6) is -0.576. The number of phenols is 1. The van der Waals surface area contributed by atoms with E-state index in [1.54, 1.807) is 54.6 Å². The summed E-state index contributed by atoms with van der Waals surface area (Å²) in [7, 11) is 1.45. The van der Waals surface area contributed by atoms with Gasteiger partial charge in [-0.1, -0.05) is 30.3 Å². The molecule has 0 aliphatic carbocycles. The molecule has 0 spiro atoms. The van der Waals surface area contributed by atoms with E-state index in [0.29, 0.717) is 16.9 Å². The zero-order chi connectivity index (χ0) is 20.6. The lowest BCUT2D eigenvalue weighted by atomic mass is 10.2. The molecule has 146 valence electrons. The highest BCUT2D eigenvalue weighted by atomic mass is 16.6. The summed E-state index contributed by atoms with van der Waals surface area (Å²) in [5, 5.41) is 13.6. The van der Waals surface area contributed by atoms with Crippen molar-refractivity contribution in [2.45, 2.75) is 0 Å². The summed E-state index contributed by atoms with van der Waals surface area (Å²) in [6, 6.07) is 19.6. The Morgan fingerprint density at radius 1 is 0.966 bits per heavy atom. The number of ether oxygens (including phenoxy) is 2. The van der Waals surface area contributed by atoms with Gasteiger partial charge < -0.3 is 14.6 Å². The number of hydrogen-bond acceptors (Lipinski definition) is 6. The number of amides is 1. The van der Waals surface area contributed by atoms with Gasteiger partial charge in [-0.2, -0.15) is 5.10 Å². The van der Waals surface area contributed by atoms with Crippen molar-refractivity contribution in [1.29, 1.82) is 0 Å². The van der Waals surface area contributed by atoms with Crippen molar-refractivity contribution in [1.82, 2.24) is 5.43 Å². The van der Waals surface area contributed by atoms with Crippen molar-refractivity contribution in [3.63, 3.8) is 0 Å². The zero-order valence-corrected chi connectivity index (χ0v) is 15.5. The third-order valence-electron chi connectivity index (χ3n) is 3.93. The number of aromatic hydroxyl groups is 1. The summed E-state index contributed by atoms with van der Waals surface area (Å²) >= 11 is 0. The van der Waals surface area contributed by atoms with Gasteiger partial charge in [-0.3, -0.25) is 4.79 Å². The Balaban J connectivity index is 1.68. The molecule has 0 bridgehead atoms. The van der Waals surface area contributed by atoms with Crippen LogP contribution in [-0.4, -0.2) is 30.3 Å². The minimum absolute atomic E-state index is 0.116. The average molecular weight is 390 g/mol. The van der Waals surface area contributed by atoms with E-state index in [1.165, 1.54) is 25.5 Å². The van der Waals surface area contributed by atoms with Crippen LogP contribution >= 0.6 is 0 Å². The number of hydrogen-bond donors (Lipinski definition) is 2. The molecule has 0 atom stereocenters. The van der Waals surface area contributed by atoms with Crippen LogP contribution in [0.5, 0.6) is 17.2 Å². The SMILES string of the molecule is COc1cc(C=NNC(=O)c2ccccc2O)ccc1OC(=O)c1ccccc1. The number of hydrazone groups is 1. The molecule has 0 aliphatic rings. The number of carbonyl (C=O) groups excluding carboxylic acids is 2. The zero-order valence-electron chi connectivity index (χ0n) is 15.5. The molecule has 7 heteroatoms. The highest BCUT2D eigenvalue weighted by Crippen LogP contribution is 2.28. The van der Waals surface area contributed by atoms with Gasteiger partial charge in [0, 0.05) is 0 Å². The monoisotopic (exact) mass is 390 g/mol. The predicted octanol–water partition coefficient (Wildman–Crippen LogP) is 3.38. The number of nitrogens with zero attached hydrogens (tertiary/aromatic N) is 1. The quantitative estimate of drug-likeness (QED) is 0.291. The lowest BCUT2D eigenvalue weighted by molar-refractivity contribution is 0.0729. The third-order valence-corrected chi connectivity index (χ3v) is 3.93. The number of nitrogens with one attached hydrogen (secondary N) is 1. The second-order valence-corrected chi connectivity index (χ2v) is 5.88. The third kappa shape index (κ3) is 4.98. The number of carbonyl (C=O) groups is 2. The Bertz CT molecular complexity index is 1050. The fourth-order valence-corrected chi connectivity index (χ4v) is 2.47. The molecule has 0 radical (unpaired) electrons. The fraction of sp³-hybridized carbons (Fsp3) is 0.0455. The van der Waals surface area contributed by atoms with Crippen LogP contribution in [0, 0.1) is 0 Å². The summed E-state index contributed by atoms with van der Waals surface area (Å²) in [6.45, 7) is 0. The molecule has 29 heavy (non-hydrogen) atoms. The molecule has 0 fully saturated rings. The van der Waals surface area contributed by atoms with E-state index in [4.69, 9.17) is 9.47 Å². The molecule has 3 aromatic rings. The number of esters is 1. The van der Waals surface area contributed by atoms with Gasteiger partial charge in [0.05, 0.1) is 24.5 Å². The lowest BCUT2D eigenvalue weighted by Gasteiger charge is -2.10. The van der Waals surface area contributed by atoms with E-state index in [1.807, 2.05) is 6.07 Å². The molecular formula is C22H18N2O5. The van der Waals surface area contributed by atoms with Crippen molar-refractivity contribution in [3.05, 3.63) is 89.5 Å². The predicted molar refractivity (Wildman–Crippen MR) is 108 cm³/mol. The molecule has 0 saturated heterocycles. The maximum absolute atomic E-state index is 12.2. The standard InChI is InChI=1S/C22H18N2O5/c1-28-20-13-15(14-23-24-21(26)17-9-5-6-10-18(17)25)11-12-19(20)29-22(27)16-7-3-2-4-8-16/h2-14,25H,1H3,(H,24,26). The maximum Gasteiger partial charge on any atom is 0.343 e. The molecule has 7 nitrogen and oxygen atoms in total. The highest BCUT2D eigenvalue weighted by Gasteiger charge is 2.13. The van der Waals surface area contributed by atoms with Crippen molar-refractivity contribution >= 4 is 18.1 Å². The van der Waals surface area contributed by atoms with E-state index in [0.717, 1.165) is 0 Å². The Labute approximate surface area is 167 Å². The molecule has 0 saturated carbocycles. The number of rotatable bonds is 6. The molecule has 0 unspecified atom stereocenters. The minimum Gasteiger partial charge on any atom is -0.507 e. The van der Waals surface area contributed by atoms with Crippen LogP contribution in [0.2, 0.25) is 0 Å². The maximum atomic E-state index is 12.2. The van der Waals surface area contributed by atoms with E-state index < -0.39 is 11.9 Å². The van der Waals surface area contributed by atoms with Crippen LogP contribution in [-0.2, 0) is 0 Å². The smallest absolute Gasteiger partial charge is 0.343 e. The minimum atomic E-state index is -0.542. The molecule has 3 rings (SSSR count). The first-order chi connectivity index (χ1) is 14.1. The van der Waals surface area contributed by atoms with Gasteiger partial charge >= 0.3 is 5.97 Å². The molecule has 0 heterocycles. The van der Waals surface area contributed by atoms with E-state index >= 15 is 0 Å². The van der Waals surface area contributed by atoms with Crippen molar-refractivity contribution in [3.8, 4) is 17.2 Å². The van der Waals surface area contributed by atoms with Crippen LogP contribution in [0.15, 0.2) is 77.9 Å². The van der Waals surface area contributed by atoms with Gasteiger partial charge in [-0.25, -0.2) is 10.2 Å². The molecule has 0 aromatic heterocycles. The van der Waals surface area contributed by atoms with Crippen molar-refractivity contribution in [2.24, 2.45) is 5.10 Å². The summed E-state index contributed by atoms with van der Waals surface area (Å²) in [6.07, 6.45) is 1.41. The molecule has 2 N–H and O–H groups in total. The highest BCUT2D eigenvalue weighted by molar-refractivity contribution is 5.97. The van der Waals surface area contributed by atoms with E-state index in [9.17, 15) is 14.7 Å². The number of para-hydroxylation sites is 1. The Morgan fingerprint density at radius 3 is 2.41 bits per heavy atom. The first-order valence-corrected chi connectivity index (χ1v) is 8.65. The molecular weight excluding hydrogens is 372 g/mol. The van der Waals surface area contributed by atoms with Gasteiger partial charge in [0.15, 0.2) is 11.5 Å². The van der Waals surface area contributed by atoms with E-state index in [-0.39, 0.29) is 17.1 Å². The Hall–Kier alpha value is -4.13. The summed E-state index contributed by atoms with van der Waals surface area (Å²) < 4.78 is 10.7. The second-order valence-electron chi connectivity index (χ2n) is 5.88. The Morgan fingerprint density at radius 2 is 1.69 bits per heavy atom. The molecule has 3 aromatic carbocycles. The topological polar surface area (TPSA) is 97.2 Å². The number of benzene rings is 3. The largest absolute Gasteiger partial charge is 0.507 e. The number of phenolic OH excluding ortho intramolecular Hbond substituents is 1. The van der Waals surface area contributed by atoms with Crippen molar-refractivity contribution in [2.75, 3.05) is 7.11 Å². The molecule has 0 aliphatic heterocycles. The van der Waals surface area contributed by atoms with Gasteiger partial charge in [-0.15, -0.1) is 0 Å². The normalized spacial score (nSPS) is 10.5. The summed E-state index contributed by atoms with van der Waals surface area (Å²) in [4.78, 5) is 24.2. The van der Waals surface area contributed by atoms with Gasteiger partial charge in [-0.05, 0) is 48.0 Å². The van der Waals surface area contributed by atoms with E-state index in [2.05, 4.69) is 10.5 Å². The first kappa shape index (κ1) is 19.6. The average Bonchev–Trinajstić information content (AvgIpc) is 2.75. The van der Waals surface area contributed by atoms with Crippen LogP contribution in [0.4, 0.5) is 0 Å². The van der Waals surface area contributed by atoms with Crippen LogP contribution in [0.1, 0.15) is 26.3 Å². The second kappa shape index (κ2) is 9.18. The first-order valence-electron chi connectivity index (χ1n) is 8.65. The lowest BCUT2D eigenvalue weighted by Crippen LogP contribution is -2.17. The Kier molecular flexibility index (Phi) is 6.22. The van der Waals surface area contributed by atoms with Crippen LogP contribution in [0.3, 0.4) is 0 Å².